The number of benzene rings is 1. The van der Waals surface area contributed by atoms with Crippen molar-refractivity contribution in [3.05, 3.63) is 35.0 Å². The van der Waals surface area contributed by atoms with Gasteiger partial charge in [-0.15, -0.1) is 0 Å². The molecule has 0 aliphatic rings. The standard InChI is InChI=1S/C16H19F3N2/c1-9-13(20-5)11-8-10(15(2,3)4)6-7-12(11)21-14(9)16(17,18)19/h6-8H,1-5H3,(H,20,21). The molecule has 0 aliphatic carbocycles. The van der Waals surface area contributed by atoms with Crippen LogP contribution in [0.2, 0.25) is 0 Å². The summed E-state index contributed by atoms with van der Waals surface area (Å²) in [6, 6.07) is 5.41. The fourth-order valence-electron chi connectivity index (χ4n) is 2.42. The average molecular weight is 296 g/mol. The van der Waals surface area contributed by atoms with Crippen molar-refractivity contribution in [3.8, 4) is 0 Å². The zero-order valence-corrected chi connectivity index (χ0v) is 12.8. The minimum Gasteiger partial charge on any atom is -0.387 e. The number of pyridine rings is 1. The first-order chi connectivity index (χ1) is 9.55. The highest BCUT2D eigenvalue weighted by Crippen LogP contribution is 2.38. The molecule has 5 heteroatoms. The molecule has 1 aromatic heterocycles. The van der Waals surface area contributed by atoms with Crippen molar-refractivity contribution in [2.24, 2.45) is 0 Å². The predicted octanol–water partition coefficient (Wildman–Crippen LogP) is 4.90. The fraction of sp³-hybridized carbons (Fsp3) is 0.438. The minimum atomic E-state index is -4.45. The molecule has 0 saturated heterocycles. The Bertz CT molecular complexity index is 682. The van der Waals surface area contributed by atoms with Gasteiger partial charge in [0, 0.05) is 23.7 Å². The number of alkyl halides is 3. The van der Waals surface area contributed by atoms with Crippen molar-refractivity contribution in [1.29, 1.82) is 0 Å². The smallest absolute Gasteiger partial charge is 0.387 e. The highest BCUT2D eigenvalue weighted by molar-refractivity contribution is 5.94. The van der Waals surface area contributed by atoms with Gasteiger partial charge in [0.1, 0.15) is 5.69 Å². The van der Waals surface area contributed by atoms with Crippen LogP contribution >= 0.6 is 0 Å². The Morgan fingerprint density at radius 1 is 1.10 bits per heavy atom. The van der Waals surface area contributed by atoms with Gasteiger partial charge >= 0.3 is 6.18 Å². The zero-order chi connectivity index (χ0) is 16.0. The lowest BCUT2D eigenvalue weighted by Gasteiger charge is -2.21. The van der Waals surface area contributed by atoms with Gasteiger partial charge in [0.05, 0.1) is 5.52 Å². The van der Waals surface area contributed by atoms with Crippen LogP contribution in [-0.2, 0) is 11.6 Å². The molecule has 1 aromatic carbocycles. The van der Waals surface area contributed by atoms with Gasteiger partial charge in [0.15, 0.2) is 0 Å². The molecule has 0 unspecified atom stereocenters. The second kappa shape index (κ2) is 4.90. The van der Waals surface area contributed by atoms with E-state index in [1.165, 1.54) is 6.92 Å². The fourth-order valence-corrected chi connectivity index (χ4v) is 2.42. The quantitative estimate of drug-likeness (QED) is 0.809. The summed E-state index contributed by atoms with van der Waals surface area (Å²) >= 11 is 0. The number of hydrogen-bond donors (Lipinski definition) is 1. The third-order valence-electron chi connectivity index (χ3n) is 3.61. The normalized spacial score (nSPS) is 12.8. The summed E-state index contributed by atoms with van der Waals surface area (Å²) < 4.78 is 39.2. The molecule has 21 heavy (non-hydrogen) atoms. The first kappa shape index (κ1) is 15.6. The average Bonchev–Trinajstić information content (AvgIpc) is 2.35. The number of rotatable bonds is 1. The lowest BCUT2D eigenvalue weighted by atomic mass is 9.86. The van der Waals surface area contributed by atoms with Crippen LogP contribution < -0.4 is 5.32 Å². The molecule has 2 rings (SSSR count). The van der Waals surface area contributed by atoms with Crippen LogP contribution in [0.1, 0.15) is 37.6 Å². The van der Waals surface area contributed by atoms with Crippen molar-refractivity contribution in [1.82, 2.24) is 4.98 Å². The maximum Gasteiger partial charge on any atom is 0.433 e. The van der Waals surface area contributed by atoms with E-state index in [0.29, 0.717) is 11.2 Å². The van der Waals surface area contributed by atoms with E-state index in [1.54, 1.807) is 13.1 Å². The Kier molecular flexibility index (Phi) is 3.64. The summed E-state index contributed by atoms with van der Waals surface area (Å²) in [4.78, 5) is 3.81. The van der Waals surface area contributed by atoms with Crippen LogP contribution in [-0.4, -0.2) is 12.0 Å². The van der Waals surface area contributed by atoms with Crippen molar-refractivity contribution in [2.45, 2.75) is 39.3 Å². The number of fused-ring (bicyclic) bond motifs is 1. The molecule has 0 atom stereocenters. The van der Waals surface area contributed by atoms with Crippen molar-refractivity contribution in [2.75, 3.05) is 12.4 Å². The zero-order valence-electron chi connectivity index (χ0n) is 12.8. The Morgan fingerprint density at radius 2 is 1.71 bits per heavy atom. The summed E-state index contributed by atoms with van der Waals surface area (Å²) in [6.07, 6.45) is -4.45. The third kappa shape index (κ3) is 2.82. The van der Waals surface area contributed by atoms with E-state index in [-0.39, 0.29) is 11.0 Å². The molecule has 2 nitrogen and oxygen atoms in total. The highest BCUT2D eigenvalue weighted by atomic mass is 19.4. The van der Waals surface area contributed by atoms with Gasteiger partial charge in [0.25, 0.3) is 0 Å². The Labute approximate surface area is 122 Å². The third-order valence-corrected chi connectivity index (χ3v) is 3.61. The van der Waals surface area contributed by atoms with E-state index in [9.17, 15) is 13.2 Å². The maximum absolute atomic E-state index is 13.1. The predicted molar refractivity (Wildman–Crippen MR) is 79.7 cm³/mol. The summed E-state index contributed by atoms with van der Waals surface area (Å²) in [5, 5.41) is 3.61. The Hall–Kier alpha value is -1.78. The molecule has 0 spiro atoms. The SMILES string of the molecule is CNc1c(C)c(C(F)(F)F)nc2ccc(C(C)(C)C)cc12. The molecule has 1 N–H and O–H groups in total. The molecule has 2 aromatic rings. The van der Waals surface area contributed by atoms with Crippen molar-refractivity contribution >= 4 is 16.6 Å². The molecular weight excluding hydrogens is 277 g/mol. The van der Waals surface area contributed by atoms with E-state index >= 15 is 0 Å². The van der Waals surface area contributed by atoms with E-state index in [4.69, 9.17) is 0 Å². The molecule has 0 aliphatic heterocycles. The van der Waals surface area contributed by atoms with Crippen LogP contribution in [0.3, 0.4) is 0 Å². The van der Waals surface area contributed by atoms with Gasteiger partial charge < -0.3 is 5.32 Å². The Morgan fingerprint density at radius 3 is 2.19 bits per heavy atom. The maximum atomic E-state index is 13.1. The first-order valence-electron chi connectivity index (χ1n) is 6.75. The summed E-state index contributed by atoms with van der Waals surface area (Å²) in [7, 11) is 1.63. The van der Waals surface area contributed by atoms with Crippen LogP contribution in [0.5, 0.6) is 0 Å². The molecule has 0 radical (unpaired) electrons. The van der Waals surface area contributed by atoms with Gasteiger partial charge in [-0.1, -0.05) is 26.8 Å². The number of halogens is 3. The summed E-state index contributed by atoms with van der Waals surface area (Å²) in [5.74, 6) is 0. The lowest BCUT2D eigenvalue weighted by Crippen LogP contribution is -2.14. The number of hydrogen-bond acceptors (Lipinski definition) is 2. The van der Waals surface area contributed by atoms with Crippen LogP contribution in [0.4, 0.5) is 18.9 Å². The van der Waals surface area contributed by atoms with Crippen LogP contribution in [0.15, 0.2) is 18.2 Å². The van der Waals surface area contributed by atoms with Crippen LogP contribution in [0.25, 0.3) is 10.9 Å². The monoisotopic (exact) mass is 296 g/mol. The first-order valence-corrected chi connectivity index (χ1v) is 6.75. The highest BCUT2D eigenvalue weighted by Gasteiger charge is 2.36. The van der Waals surface area contributed by atoms with Gasteiger partial charge in [-0.2, -0.15) is 13.2 Å². The number of nitrogens with zero attached hydrogens (tertiary/aromatic N) is 1. The largest absolute Gasteiger partial charge is 0.433 e. The number of nitrogens with one attached hydrogen (secondary N) is 1. The second-order valence-electron chi connectivity index (χ2n) is 6.19. The molecule has 0 bridgehead atoms. The van der Waals surface area contributed by atoms with Gasteiger partial charge in [-0.25, -0.2) is 4.98 Å². The lowest BCUT2D eigenvalue weighted by molar-refractivity contribution is -0.141. The molecule has 0 fully saturated rings. The van der Waals surface area contributed by atoms with Crippen LogP contribution in [0, 0.1) is 6.92 Å². The topological polar surface area (TPSA) is 24.9 Å². The van der Waals surface area contributed by atoms with Gasteiger partial charge in [-0.05, 0) is 30.0 Å². The summed E-state index contributed by atoms with van der Waals surface area (Å²) in [5.41, 5.74) is 1.12. The molecule has 0 saturated carbocycles. The Balaban J connectivity index is 2.82. The minimum absolute atomic E-state index is 0.0736. The van der Waals surface area contributed by atoms with Gasteiger partial charge in [0.2, 0.25) is 0 Å². The van der Waals surface area contributed by atoms with E-state index in [0.717, 1.165) is 10.9 Å². The van der Waals surface area contributed by atoms with Crippen molar-refractivity contribution < 1.29 is 13.2 Å². The molecule has 1 heterocycles. The second-order valence-corrected chi connectivity index (χ2v) is 6.19. The van der Waals surface area contributed by atoms with E-state index in [1.807, 2.05) is 12.1 Å². The van der Waals surface area contributed by atoms with E-state index < -0.39 is 11.9 Å². The van der Waals surface area contributed by atoms with Crippen molar-refractivity contribution in [3.63, 3.8) is 0 Å². The number of anilines is 1. The van der Waals surface area contributed by atoms with E-state index in [2.05, 4.69) is 31.1 Å². The molecule has 0 amide bonds. The number of aromatic nitrogens is 1. The summed E-state index contributed by atoms with van der Waals surface area (Å²) in [6.45, 7) is 7.65. The molecule has 114 valence electrons. The molecular formula is C16H19F3N2. The van der Waals surface area contributed by atoms with Gasteiger partial charge in [-0.3, -0.25) is 0 Å².